The first kappa shape index (κ1) is 19.2. The lowest BCUT2D eigenvalue weighted by molar-refractivity contribution is 0.0731. The lowest BCUT2D eigenvalue weighted by atomic mass is 10.1. The highest BCUT2D eigenvalue weighted by molar-refractivity contribution is 6.33. The van der Waals surface area contributed by atoms with E-state index in [1.165, 1.54) is 6.07 Å². The van der Waals surface area contributed by atoms with Crippen LogP contribution in [0, 0.1) is 6.92 Å². The number of aryl methyl sites for hydroxylation is 1. The van der Waals surface area contributed by atoms with Gasteiger partial charge in [0.1, 0.15) is 5.58 Å². The van der Waals surface area contributed by atoms with Gasteiger partial charge in [-0.05, 0) is 49.4 Å². The summed E-state index contributed by atoms with van der Waals surface area (Å²) in [5.41, 5.74) is 1.45. The lowest BCUT2D eigenvalue weighted by Gasteiger charge is -2.12. The van der Waals surface area contributed by atoms with Gasteiger partial charge in [0.15, 0.2) is 5.76 Å². The van der Waals surface area contributed by atoms with Crippen LogP contribution < -0.4 is 10.2 Å². The lowest BCUT2D eigenvalue weighted by Crippen LogP contribution is -2.16. The molecule has 0 aliphatic carbocycles. The van der Waals surface area contributed by atoms with Gasteiger partial charge in [-0.2, -0.15) is 0 Å². The number of carbonyl (C=O) groups is 1. The van der Waals surface area contributed by atoms with Gasteiger partial charge < -0.3 is 9.15 Å². The number of rotatable bonds is 3. The molecule has 0 atom stereocenters. The van der Waals surface area contributed by atoms with E-state index in [-0.39, 0.29) is 16.9 Å². The average Bonchev–Trinajstić information content (AvgIpc) is 2.71. The molecule has 1 heterocycles. The minimum Gasteiger partial charge on any atom is -0.452 e. The fourth-order valence-electron chi connectivity index (χ4n) is 2.99. The maximum Gasteiger partial charge on any atom is 0.343 e. The zero-order valence-corrected chi connectivity index (χ0v) is 16.8. The molecule has 29 heavy (non-hydrogen) atoms. The second kappa shape index (κ2) is 7.74. The van der Waals surface area contributed by atoms with Gasteiger partial charge in [-0.1, -0.05) is 53.0 Å². The molecule has 0 amide bonds. The molecule has 0 N–H and O–H groups in total. The minimum atomic E-state index is -0.671. The third-order valence-electron chi connectivity index (χ3n) is 4.38. The highest BCUT2D eigenvalue weighted by Gasteiger charge is 2.23. The van der Waals surface area contributed by atoms with E-state index in [0.29, 0.717) is 26.8 Å². The summed E-state index contributed by atoms with van der Waals surface area (Å²) in [6.45, 7) is 1.86. The largest absolute Gasteiger partial charge is 0.452 e. The molecule has 6 heteroatoms. The number of hydrogen-bond donors (Lipinski definition) is 0. The molecule has 0 saturated carbocycles. The number of esters is 1. The molecule has 0 aliphatic rings. The molecule has 0 spiro atoms. The summed E-state index contributed by atoms with van der Waals surface area (Å²) in [7, 11) is 0. The summed E-state index contributed by atoms with van der Waals surface area (Å²) in [4.78, 5) is 25.9. The molecule has 0 saturated heterocycles. The van der Waals surface area contributed by atoms with E-state index >= 15 is 0 Å². The van der Waals surface area contributed by atoms with E-state index in [2.05, 4.69) is 0 Å². The van der Waals surface area contributed by atoms with Crippen molar-refractivity contribution in [3.05, 3.63) is 98.1 Å². The second-order valence-corrected chi connectivity index (χ2v) is 7.31. The number of hydrogen-bond acceptors (Lipinski definition) is 4. The maximum absolute atomic E-state index is 13.2. The van der Waals surface area contributed by atoms with Crippen LogP contribution in [0.3, 0.4) is 0 Å². The fraction of sp³-hybridized carbons (Fsp3) is 0.0435. The Balaban J connectivity index is 1.94. The summed E-state index contributed by atoms with van der Waals surface area (Å²) in [6, 6.07) is 18.4. The Kier molecular flexibility index (Phi) is 5.14. The number of ether oxygens (including phenoxy) is 1. The standard InChI is InChI=1S/C23H14Cl2O4/c1-13-5-4-6-14(11-13)23(27)29-22-20(26)17-12-15(24)9-10-19(17)28-21(22)16-7-2-3-8-18(16)25/h2-12H,1H3. The molecule has 0 radical (unpaired) electrons. The van der Waals surface area contributed by atoms with Crippen molar-refractivity contribution >= 4 is 40.1 Å². The summed E-state index contributed by atoms with van der Waals surface area (Å²) >= 11 is 12.3. The van der Waals surface area contributed by atoms with Crippen molar-refractivity contribution in [2.45, 2.75) is 6.92 Å². The molecule has 0 unspecified atom stereocenters. The third kappa shape index (κ3) is 3.77. The van der Waals surface area contributed by atoms with Crippen LogP contribution in [-0.2, 0) is 0 Å². The molecule has 4 nitrogen and oxygen atoms in total. The number of halogens is 2. The Morgan fingerprint density at radius 1 is 0.966 bits per heavy atom. The van der Waals surface area contributed by atoms with Crippen molar-refractivity contribution in [3.8, 4) is 17.1 Å². The van der Waals surface area contributed by atoms with Crippen molar-refractivity contribution in [3.63, 3.8) is 0 Å². The maximum atomic E-state index is 13.2. The summed E-state index contributed by atoms with van der Waals surface area (Å²) in [6.07, 6.45) is 0. The molecule has 1 aromatic heterocycles. The third-order valence-corrected chi connectivity index (χ3v) is 4.94. The quantitative estimate of drug-likeness (QED) is 0.362. The van der Waals surface area contributed by atoms with Gasteiger partial charge in [0.2, 0.25) is 11.2 Å². The molecule has 0 aliphatic heterocycles. The first-order valence-corrected chi connectivity index (χ1v) is 9.50. The van der Waals surface area contributed by atoms with Crippen molar-refractivity contribution in [1.82, 2.24) is 0 Å². The predicted octanol–water partition coefficient (Wildman–Crippen LogP) is 6.29. The Morgan fingerprint density at radius 3 is 2.52 bits per heavy atom. The van der Waals surface area contributed by atoms with Crippen molar-refractivity contribution in [1.29, 1.82) is 0 Å². The molecule has 4 aromatic rings. The van der Waals surface area contributed by atoms with Crippen LogP contribution in [0.1, 0.15) is 15.9 Å². The molecule has 0 fully saturated rings. The number of benzene rings is 3. The zero-order chi connectivity index (χ0) is 20.5. The van der Waals surface area contributed by atoms with E-state index in [1.807, 2.05) is 13.0 Å². The summed E-state index contributed by atoms with van der Waals surface area (Å²) in [5, 5.41) is 0.934. The molecular weight excluding hydrogens is 411 g/mol. The number of fused-ring (bicyclic) bond motifs is 1. The monoisotopic (exact) mass is 424 g/mol. The summed E-state index contributed by atoms with van der Waals surface area (Å²) < 4.78 is 11.5. The molecular formula is C23H14Cl2O4. The van der Waals surface area contributed by atoms with E-state index in [0.717, 1.165) is 5.56 Å². The van der Waals surface area contributed by atoms with E-state index in [9.17, 15) is 9.59 Å². The van der Waals surface area contributed by atoms with Crippen LogP contribution in [0.5, 0.6) is 5.75 Å². The molecule has 144 valence electrons. The second-order valence-electron chi connectivity index (χ2n) is 6.47. The summed E-state index contributed by atoms with van der Waals surface area (Å²) in [5.74, 6) is -0.827. The van der Waals surface area contributed by atoms with E-state index < -0.39 is 11.4 Å². The predicted molar refractivity (Wildman–Crippen MR) is 114 cm³/mol. The van der Waals surface area contributed by atoms with Gasteiger partial charge in [0.05, 0.1) is 16.0 Å². The normalized spacial score (nSPS) is 10.9. The van der Waals surface area contributed by atoms with Gasteiger partial charge in [-0.25, -0.2) is 4.79 Å². The van der Waals surface area contributed by atoms with Crippen LogP contribution in [0.4, 0.5) is 0 Å². The van der Waals surface area contributed by atoms with Gasteiger partial charge in [0.25, 0.3) is 0 Å². The molecule has 4 rings (SSSR count). The van der Waals surface area contributed by atoms with E-state index in [4.69, 9.17) is 32.4 Å². The van der Waals surface area contributed by atoms with Crippen molar-refractivity contribution in [2.75, 3.05) is 0 Å². The topological polar surface area (TPSA) is 56.5 Å². The number of carbonyl (C=O) groups excluding carboxylic acids is 1. The Hall–Kier alpha value is -3.08. The van der Waals surface area contributed by atoms with Crippen LogP contribution >= 0.6 is 23.2 Å². The Morgan fingerprint density at radius 2 is 1.76 bits per heavy atom. The SMILES string of the molecule is Cc1cccc(C(=O)Oc2c(-c3ccccc3Cl)oc3ccc(Cl)cc3c2=O)c1. The Bertz CT molecular complexity index is 1310. The first-order valence-electron chi connectivity index (χ1n) is 8.74. The van der Waals surface area contributed by atoms with Crippen LogP contribution in [-0.4, -0.2) is 5.97 Å². The smallest absolute Gasteiger partial charge is 0.343 e. The highest BCUT2D eigenvalue weighted by atomic mass is 35.5. The Labute approximate surface area is 176 Å². The minimum absolute atomic E-state index is 0.0800. The van der Waals surface area contributed by atoms with Crippen molar-refractivity contribution in [2.24, 2.45) is 0 Å². The fourth-order valence-corrected chi connectivity index (χ4v) is 3.38. The van der Waals surface area contributed by atoms with Gasteiger partial charge in [-0.15, -0.1) is 0 Å². The van der Waals surface area contributed by atoms with Crippen LogP contribution in [0.25, 0.3) is 22.3 Å². The first-order chi connectivity index (χ1) is 13.9. The van der Waals surface area contributed by atoms with Gasteiger partial charge in [0, 0.05) is 10.6 Å². The molecule has 0 bridgehead atoms. The van der Waals surface area contributed by atoms with Gasteiger partial charge >= 0.3 is 5.97 Å². The van der Waals surface area contributed by atoms with Crippen molar-refractivity contribution < 1.29 is 13.9 Å². The van der Waals surface area contributed by atoms with Crippen LogP contribution in [0.15, 0.2) is 75.9 Å². The average molecular weight is 425 g/mol. The zero-order valence-electron chi connectivity index (χ0n) is 15.2. The highest BCUT2D eigenvalue weighted by Crippen LogP contribution is 2.36. The molecule has 3 aromatic carbocycles. The van der Waals surface area contributed by atoms with Crippen LogP contribution in [0.2, 0.25) is 10.0 Å². The van der Waals surface area contributed by atoms with Gasteiger partial charge in [-0.3, -0.25) is 4.79 Å². The van der Waals surface area contributed by atoms with E-state index in [1.54, 1.807) is 54.6 Å².